The molecule has 5 nitrogen and oxygen atoms in total. The van der Waals surface area contributed by atoms with Gasteiger partial charge in [0, 0.05) is 11.6 Å². The minimum atomic E-state index is -0.322. The van der Waals surface area contributed by atoms with Crippen molar-refractivity contribution in [2.45, 2.75) is 18.8 Å². The number of aromatic nitrogens is 2. The Morgan fingerprint density at radius 2 is 2.10 bits per heavy atom. The predicted molar refractivity (Wildman–Crippen MR) is 73.1 cm³/mol. The summed E-state index contributed by atoms with van der Waals surface area (Å²) in [4.78, 5) is 20.3. The van der Waals surface area contributed by atoms with Crippen LogP contribution in [-0.2, 0) is 0 Å². The third kappa shape index (κ3) is 2.50. The van der Waals surface area contributed by atoms with Gasteiger partial charge in [0.25, 0.3) is 5.91 Å². The fraction of sp³-hybridized carbons (Fsp3) is 0.200. The first kappa shape index (κ1) is 12.3. The lowest BCUT2D eigenvalue weighted by Gasteiger charge is -2.06. The molecule has 20 heavy (non-hydrogen) atoms. The molecule has 1 aromatic heterocycles. The number of nitriles is 1. The molecule has 0 spiro atoms. The van der Waals surface area contributed by atoms with Gasteiger partial charge < -0.3 is 5.32 Å². The molecule has 1 aliphatic rings. The Morgan fingerprint density at radius 1 is 1.30 bits per heavy atom. The lowest BCUT2D eigenvalue weighted by atomic mass is 10.2. The van der Waals surface area contributed by atoms with Crippen molar-refractivity contribution in [3.8, 4) is 6.07 Å². The van der Waals surface area contributed by atoms with Crippen molar-refractivity contribution in [3.05, 3.63) is 53.6 Å². The Bertz CT molecular complexity index is 701. The van der Waals surface area contributed by atoms with Crippen molar-refractivity contribution in [1.82, 2.24) is 9.97 Å². The molecule has 5 heteroatoms. The van der Waals surface area contributed by atoms with Crippen LogP contribution >= 0.6 is 0 Å². The molecule has 1 amide bonds. The van der Waals surface area contributed by atoms with Crippen LogP contribution in [0.3, 0.4) is 0 Å². The average Bonchev–Trinajstić information content (AvgIpc) is 3.32. The van der Waals surface area contributed by atoms with Gasteiger partial charge >= 0.3 is 0 Å². The molecule has 0 unspecified atom stereocenters. The van der Waals surface area contributed by atoms with Gasteiger partial charge in [0.2, 0.25) is 0 Å². The van der Waals surface area contributed by atoms with Crippen molar-refractivity contribution in [2.24, 2.45) is 0 Å². The Labute approximate surface area is 116 Å². The summed E-state index contributed by atoms with van der Waals surface area (Å²) in [5.41, 5.74) is 2.16. The molecule has 0 aliphatic heterocycles. The summed E-state index contributed by atoms with van der Waals surface area (Å²) >= 11 is 0. The van der Waals surface area contributed by atoms with Gasteiger partial charge in [-0.15, -0.1) is 0 Å². The highest BCUT2D eigenvalue weighted by molar-refractivity contribution is 6.03. The highest BCUT2D eigenvalue weighted by atomic mass is 16.1. The smallest absolute Gasteiger partial charge is 0.274 e. The Morgan fingerprint density at radius 3 is 2.85 bits per heavy atom. The number of hydrogen-bond donors (Lipinski definition) is 1. The van der Waals surface area contributed by atoms with Crippen molar-refractivity contribution in [1.29, 1.82) is 5.26 Å². The maximum Gasteiger partial charge on any atom is 0.274 e. The largest absolute Gasteiger partial charge is 0.319 e. The molecule has 0 saturated heterocycles. The summed E-state index contributed by atoms with van der Waals surface area (Å²) in [7, 11) is 0. The molecule has 1 heterocycles. The standard InChI is InChI=1S/C15H12N4O/c16-8-11-3-1-2-4-12(11)19-15(20)14-7-13(10-5-6-10)17-9-18-14/h1-4,7,9-10H,5-6H2,(H,19,20). The van der Waals surface area contributed by atoms with Crippen LogP contribution in [0, 0.1) is 11.3 Å². The van der Waals surface area contributed by atoms with Gasteiger partial charge in [0.1, 0.15) is 18.1 Å². The topological polar surface area (TPSA) is 78.7 Å². The summed E-state index contributed by atoms with van der Waals surface area (Å²) in [6.45, 7) is 0. The van der Waals surface area contributed by atoms with E-state index in [9.17, 15) is 4.79 Å². The zero-order chi connectivity index (χ0) is 13.9. The van der Waals surface area contributed by atoms with Crippen LogP contribution in [-0.4, -0.2) is 15.9 Å². The highest BCUT2D eigenvalue weighted by Crippen LogP contribution is 2.38. The van der Waals surface area contributed by atoms with Crippen LogP contribution in [0.5, 0.6) is 0 Å². The van der Waals surface area contributed by atoms with E-state index in [4.69, 9.17) is 5.26 Å². The first-order valence-corrected chi connectivity index (χ1v) is 6.40. The second-order valence-electron chi connectivity index (χ2n) is 4.71. The van der Waals surface area contributed by atoms with Gasteiger partial charge in [0.05, 0.1) is 11.3 Å². The van der Waals surface area contributed by atoms with E-state index in [2.05, 4.69) is 15.3 Å². The first-order valence-electron chi connectivity index (χ1n) is 6.40. The molecule has 0 bridgehead atoms. The Kier molecular flexibility index (Phi) is 3.13. The van der Waals surface area contributed by atoms with E-state index in [0.717, 1.165) is 18.5 Å². The third-order valence-corrected chi connectivity index (χ3v) is 3.21. The fourth-order valence-electron chi connectivity index (χ4n) is 1.97. The third-order valence-electron chi connectivity index (χ3n) is 3.21. The normalized spacial score (nSPS) is 13.6. The molecule has 0 radical (unpaired) electrons. The number of rotatable bonds is 3. The van der Waals surface area contributed by atoms with Crippen molar-refractivity contribution in [3.63, 3.8) is 0 Å². The molecular formula is C15H12N4O. The number of carbonyl (C=O) groups excluding carboxylic acids is 1. The molecule has 1 saturated carbocycles. The van der Waals surface area contributed by atoms with Crippen molar-refractivity contribution in [2.75, 3.05) is 5.32 Å². The average molecular weight is 264 g/mol. The summed E-state index contributed by atoms with van der Waals surface area (Å²) in [5.74, 6) is 0.146. The summed E-state index contributed by atoms with van der Waals surface area (Å²) < 4.78 is 0. The van der Waals surface area contributed by atoms with Gasteiger partial charge in [0.15, 0.2) is 0 Å². The number of carbonyl (C=O) groups is 1. The van der Waals surface area contributed by atoms with E-state index in [1.165, 1.54) is 6.33 Å². The van der Waals surface area contributed by atoms with E-state index < -0.39 is 0 Å². The number of amides is 1. The summed E-state index contributed by atoms with van der Waals surface area (Å²) in [6.07, 6.45) is 3.66. The maximum absolute atomic E-state index is 12.2. The number of nitrogens with zero attached hydrogens (tertiary/aromatic N) is 3. The fourth-order valence-corrected chi connectivity index (χ4v) is 1.97. The van der Waals surface area contributed by atoms with E-state index >= 15 is 0 Å². The van der Waals surface area contributed by atoms with Crippen LogP contribution in [0.2, 0.25) is 0 Å². The molecule has 1 fully saturated rings. The molecule has 3 rings (SSSR count). The highest BCUT2D eigenvalue weighted by Gasteiger charge is 2.26. The monoisotopic (exact) mass is 264 g/mol. The molecule has 98 valence electrons. The van der Waals surface area contributed by atoms with Gasteiger partial charge in [-0.05, 0) is 31.0 Å². The van der Waals surface area contributed by atoms with Crippen LogP contribution in [0.4, 0.5) is 5.69 Å². The number of para-hydroxylation sites is 1. The van der Waals surface area contributed by atoms with Gasteiger partial charge in [-0.25, -0.2) is 9.97 Å². The van der Waals surface area contributed by atoms with Crippen LogP contribution < -0.4 is 5.32 Å². The quantitative estimate of drug-likeness (QED) is 0.923. The van der Waals surface area contributed by atoms with Crippen LogP contribution in [0.1, 0.15) is 40.5 Å². The van der Waals surface area contributed by atoms with E-state index in [0.29, 0.717) is 22.9 Å². The van der Waals surface area contributed by atoms with E-state index in [1.807, 2.05) is 6.07 Å². The molecule has 1 N–H and O–H groups in total. The molecule has 2 aromatic rings. The zero-order valence-corrected chi connectivity index (χ0v) is 10.7. The second-order valence-corrected chi connectivity index (χ2v) is 4.71. The summed E-state index contributed by atoms with van der Waals surface area (Å²) in [5, 5.41) is 11.7. The van der Waals surface area contributed by atoms with E-state index in [1.54, 1.807) is 30.3 Å². The number of anilines is 1. The Balaban J connectivity index is 1.82. The molecule has 1 aromatic carbocycles. The maximum atomic E-state index is 12.2. The van der Waals surface area contributed by atoms with Crippen LogP contribution in [0.15, 0.2) is 36.7 Å². The lowest BCUT2D eigenvalue weighted by molar-refractivity contribution is 0.102. The number of nitrogens with one attached hydrogen (secondary N) is 1. The number of benzene rings is 1. The first-order chi connectivity index (χ1) is 9.78. The zero-order valence-electron chi connectivity index (χ0n) is 10.7. The van der Waals surface area contributed by atoms with Gasteiger partial charge in [-0.3, -0.25) is 4.79 Å². The van der Waals surface area contributed by atoms with Crippen LogP contribution in [0.25, 0.3) is 0 Å². The minimum Gasteiger partial charge on any atom is -0.319 e. The van der Waals surface area contributed by atoms with E-state index in [-0.39, 0.29) is 5.91 Å². The Hall–Kier alpha value is -2.74. The molecular weight excluding hydrogens is 252 g/mol. The van der Waals surface area contributed by atoms with Gasteiger partial charge in [-0.1, -0.05) is 12.1 Å². The predicted octanol–water partition coefficient (Wildman–Crippen LogP) is 2.48. The number of hydrogen-bond acceptors (Lipinski definition) is 4. The SMILES string of the molecule is N#Cc1ccccc1NC(=O)c1cc(C2CC2)ncn1. The minimum absolute atomic E-state index is 0.322. The lowest BCUT2D eigenvalue weighted by Crippen LogP contribution is -2.15. The molecule has 0 atom stereocenters. The van der Waals surface area contributed by atoms with Gasteiger partial charge in [-0.2, -0.15) is 5.26 Å². The summed E-state index contributed by atoms with van der Waals surface area (Å²) in [6, 6.07) is 10.6. The molecule has 1 aliphatic carbocycles. The van der Waals surface area contributed by atoms with Crippen molar-refractivity contribution < 1.29 is 4.79 Å². The second kappa shape index (κ2) is 5.10. The van der Waals surface area contributed by atoms with Crippen molar-refractivity contribution >= 4 is 11.6 Å².